The van der Waals surface area contributed by atoms with Crippen LogP contribution in [0.4, 0.5) is 0 Å². The van der Waals surface area contributed by atoms with Gasteiger partial charge in [0.05, 0.1) is 0 Å². The summed E-state index contributed by atoms with van der Waals surface area (Å²) in [5.41, 5.74) is 0. The molecule has 0 rings (SSSR count). The van der Waals surface area contributed by atoms with Gasteiger partial charge in [-0.25, -0.2) is 0 Å². The second-order valence-corrected chi connectivity index (χ2v) is 20.9. The second kappa shape index (κ2) is 65.8. The summed E-state index contributed by atoms with van der Waals surface area (Å²) < 4.78 is 16.9. The fourth-order valence-electron chi connectivity index (χ4n) is 8.45. The lowest BCUT2D eigenvalue weighted by molar-refractivity contribution is -0.167. The van der Waals surface area contributed by atoms with Crippen molar-refractivity contribution in [2.75, 3.05) is 13.2 Å². The molecular formula is C73H118O6. The van der Waals surface area contributed by atoms with Crippen molar-refractivity contribution in [3.63, 3.8) is 0 Å². The summed E-state index contributed by atoms with van der Waals surface area (Å²) >= 11 is 0. The first-order chi connectivity index (χ1) is 39.0. The van der Waals surface area contributed by atoms with E-state index >= 15 is 0 Å². The molecule has 0 spiro atoms. The van der Waals surface area contributed by atoms with Gasteiger partial charge in [0.1, 0.15) is 13.2 Å². The lowest BCUT2D eigenvalue weighted by Crippen LogP contribution is -2.30. The van der Waals surface area contributed by atoms with Gasteiger partial charge in [-0.2, -0.15) is 0 Å². The van der Waals surface area contributed by atoms with Crippen molar-refractivity contribution < 1.29 is 28.6 Å². The van der Waals surface area contributed by atoms with Crippen LogP contribution in [0.5, 0.6) is 0 Å². The Kier molecular flexibility index (Phi) is 61.9. The summed E-state index contributed by atoms with van der Waals surface area (Å²) in [5.74, 6) is -0.934. The smallest absolute Gasteiger partial charge is 0.306 e. The van der Waals surface area contributed by atoms with Crippen LogP contribution in [0.2, 0.25) is 0 Å². The molecule has 446 valence electrons. The standard InChI is InChI=1S/C73H118O6/c1-4-7-10-13-16-19-22-24-26-28-29-30-31-32-33-34-35-36-37-38-39-40-41-42-43-45-46-48-51-54-57-60-63-66-72(75)78-69-70(68-77-71(74)65-62-59-56-53-50-21-18-15-12-9-6-3)79-73(76)67-64-61-58-55-52-49-47-44-27-25-23-20-17-14-11-8-5-2/h7,10,15-20,24-27,29-30,32-33,35-36,38-39,41-42,45-46,70H,4-6,8-9,11-14,21-23,28,31,34,37,40,43-44,47-69H2,1-3H3/b10-7-,18-15-,19-16-,20-17-,26-24-,27-25-,30-29-,33-32-,36-35-,39-38-,42-41-,46-45-. The van der Waals surface area contributed by atoms with E-state index in [-0.39, 0.29) is 31.1 Å². The molecule has 0 aromatic heterocycles. The van der Waals surface area contributed by atoms with Gasteiger partial charge in [-0.1, -0.05) is 263 Å². The van der Waals surface area contributed by atoms with Crippen LogP contribution in [-0.2, 0) is 28.6 Å². The van der Waals surface area contributed by atoms with E-state index in [9.17, 15) is 14.4 Å². The molecule has 0 heterocycles. The maximum absolute atomic E-state index is 12.9. The van der Waals surface area contributed by atoms with Gasteiger partial charge < -0.3 is 14.2 Å². The van der Waals surface area contributed by atoms with Crippen LogP contribution >= 0.6 is 0 Å². The summed E-state index contributed by atoms with van der Waals surface area (Å²) in [6.45, 7) is 6.43. The summed E-state index contributed by atoms with van der Waals surface area (Å²) in [6, 6.07) is 0. The van der Waals surface area contributed by atoms with Crippen molar-refractivity contribution in [2.24, 2.45) is 0 Å². The van der Waals surface area contributed by atoms with Crippen molar-refractivity contribution in [3.05, 3.63) is 146 Å². The Bertz CT molecular complexity index is 1730. The van der Waals surface area contributed by atoms with Crippen LogP contribution in [-0.4, -0.2) is 37.2 Å². The van der Waals surface area contributed by atoms with E-state index in [4.69, 9.17) is 14.2 Å². The molecule has 0 saturated heterocycles. The third kappa shape index (κ3) is 64.0. The largest absolute Gasteiger partial charge is 0.462 e. The summed E-state index contributed by atoms with van der Waals surface area (Å²) in [6.07, 6.45) is 94.3. The van der Waals surface area contributed by atoms with E-state index in [1.165, 1.54) is 77.0 Å². The van der Waals surface area contributed by atoms with Crippen molar-refractivity contribution in [2.45, 2.75) is 284 Å². The van der Waals surface area contributed by atoms with Gasteiger partial charge in [0.2, 0.25) is 0 Å². The molecule has 6 nitrogen and oxygen atoms in total. The average molecular weight is 1090 g/mol. The number of hydrogen-bond acceptors (Lipinski definition) is 6. The van der Waals surface area contributed by atoms with E-state index < -0.39 is 6.10 Å². The van der Waals surface area contributed by atoms with Crippen molar-refractivity contribution in [1.82, 2.24) is 0 Å². The van der Waals surface area contributed by atoms with E-state index in [1.54, 1.807) is 0 Å². The number of carbonyl (C=O) groups excluding carboxylic acids is 3. The first-order valence-electron chi connectivity index (χ1n) is 32.3. The predicted octanol–water partition coefficient (Wildman–Crippen LogP) is 22.3. The molecule has 0 amide bonds. The molecular weight excluding hydrogens is 973 g/mol. The third-order valence-electron chi connectivity index (χ3n) is 13.3. The van der Waals surface area contributed by atoms with Crippen molar-refractivity contribution in [3.8, 4) is 0 Å². The van der Waals surface area contributed by atoms with Gasteiger partial charge in [-0.15, -0.1) is 0 Å². The van der Waals surface area contributed by atoms with Crippen LogP contribution in [0.3, 0.4) is 0 Å². The number of hydrogen-bond donors (Lipinski definition) is 0. The van der Waals surface area contributed by atoms with Crippen LogP contribution in [0.1, 0.15) is 278 Å². The quantitative estimate of drug-likeness (QED) is 0.0261. The number of allylic oxidation sites excluding steroid dienone is 24. The molecule has 0 N–H and O–H groups in total. The van der Waals surface area contributed by atoms with E-state index in [0.29, 0.717) is 19.3 Å². The monoisotopic (exact) mass is 1090 g/mol. The van der Waals surface area contributed by atoms with Crippen LogP contribution < -0.4 is 0 Å². The minimum Gasteiger partial charge on any atom is -0.462 e. The molecule has 0 radical (unpaired) electrons. The SMILES string of the molecule is CC/C=C\C/C=C\C/C=C\C/C=C\C/C=C\C/C=C\C/C=C\C/C=C\C/C=C\CCCCCCCC(=O)OCC(COC(=O)CCCCCCC/C=C\CCCC)OC(=O)CCCCCCCCC/C=C\C/C=C\CCCCC. The van der Waals surface area contributed by atoms with Gasteiger partial charge in [0.25, 0.3) is 0 Å². The highest BCUT2D eigenvalue weighted by atomic mass is 16.6. The first-order valence-corrected chi connectivity index (χ1v) is 32.3. The van der Waals surface area contributed by atoms with Crippen molar-refractivity contribution in [1.29, 1.82) is 0 Å². The molecule has 6 heteroatoms. The van der Waals surface area contributed by atoms with Gasteiger partial charge in [-0.05, 0) is 141 Å². The fourth-order valence-corrected chi connectivity index (χ4v) is 8.45. The molecule has 0 aliphatic rings. The number of unbranched alkanes of at least 4 members (excludes halogenated alkanes) is 22. The average Bonchev–Trinajstić information content (AvgIpc) is 3.45. The van der Waals surface area contributed by atoms with E-state index in [0.717, 1.165) is 161 Å². The lowest BCUT2D eigenvalue weighted by Gasteiger charge is -2.18. The molecule has 0 saturated carbocycles. The predicted molar refractivity (Wildman–Crippen MR) is 343 cm³/mol. The second-order valence-electron chi connectivity index (χ2n) is 20.9. The summed E-state index contributed by atoms with van der Waals surface area (Å²) in [4.78, 5) is 38.2. The molecule has 1 atom stereocenters. The zero-order valence-electron chi connectivity index (χ0n) is 51.1. The van der Waals surface area contributed by atoms with Gasteiger partial charge in [0.15, 0.2) is 6.10 Å². The van der Waals surface area contributed by atoms with Crippen molar-refractivity contribution >= 4 is 17.9 Å². The Morgan fingerprint density at radius 1 is 0.266 bits per heavy atom. The van der Waals surface area contributed by atoms with Crippen LogP contribution in [0.15, 0.2) is 146 Å². The minimum atomic E-state index is -0.799. The van der Waals surface area contributed by atoms with Crippen LogP contribution in [0, 0.1) is 0 Å². The zero-order valence-corrected chi connectivity index (χ0v) is 51.1. The Balaban J connectivity index is 4.32. The normalized spacial score (nSPS) is 13.1. The maximum Gasteiger partial charge on any atom is 0.306 e. The first kappa shape index (κ1) is 74.3. The molecule has 1 unspecified atom stereocenters. The summed E-state index contributed by atoms with van der Waals surface area (Å²) in [5, 5.41) is 0. The highest BCUT2D eigenvalue weighted by Crippen LogP contribution is 2.14. The number of ether oxygens (including phenoxy) is 3. The Labute approximate surface area is 487 Å². The van der Waals surface area contributed by atoms with E-state index in [1.807, 2.05) is 0 Å². The van der Waals surface area contributed by atoms with E-state index in [2.05, 4.69) is 167 Å². The number of carbonyl (C=O) groups is 3. The topological polar surface area (TPSA) is 78.9 Å². The van der Waals surface area contributed by atoms with Gasteiger partial charge >= 0.3 is 17.9 Å². The Hall–Kier alpha value is -4.71. The fraction of sp³-hybridized carbons (Fsp3) is 0.630. The Morgan fingerprint density at radius 3 is 0.823 bits per heavy atom. The zero-order chi connectivity index (χ0) is 57.1. The Morgan fingerprint density at radius 2 is 0.506 bits per heavy atom. The molecule has 0 aliphatic carbocycles. The maximum atomic E-state index is 12.9. The molecule has 0 aromatic rings. The molecule has 0 aliphatic heterocycles. The highest BCUT2D eigenvalue weighted by molar-refractivity contribution is 5.71. The number of rotatable bonds is 57. The molecule has 0 aromatic carbocycles. The number of esters is 3. The molecule has 79 heavy (non-hydrogen) atoms. The van der Waals surface area contributed by atoms with Gasteiger partial charge in [0, 0.05) is 19.3 Å². The third-order valence-corrected chi connectivity index (χ3v) is 13.3. The minimum absolute atomic E-state index is 0.0957. The lowest BCUT2D eigenvalue weighted by atomic mass is 10.1. The molecule has 0 fully saturated rings. The molecule has 0 bridgehead atoms. The summed E-state index contributed by atoms with van der Waals surface area (Å²) in [7, 11) is 0. The van der Waals surface area contributed by atoms with Crippen LogP contribution in [0.25, 0.3) is 0 Å². The highest BCUT2D eigenvalue weighted by Gasteiger charge is 2.19. The van der Waals surface area contributed by atoms with Gasteiger partial charge in [-0.3, -0.25) is 14.4 Å².